The summed E-state index contributed by atoms with van der Waals surface area (Å²) in [5.41, 5.74) is 6.39. The number of rotatable bonds is 2. The summed E-state index contributed by atoms with van der Waals surface area (Å²) in [6.45, 7) is -0.390. The van der Waals surface area contributed by atoms with Gasteiger partial charge in [0.2, 0.25) is 5.95 Å². The highest BCUT2D eigenvalue weighted by Crippen LogP contribution is 2.31. The Balaban J connectivity index is 2.03. The highest BCUT2D eigenvalue weighted by Gasteiger charge is 2.43. The van der Waals surface area contributed by atoms with Crippen molar-refractivity contribution in [3.63, 3.8) is 0 Å². The molecule has 5 N–H and O–H groups in total. The third-order valence-electron chi connectivity index (χ3n) is 3.13. The molecule has 9 heteroatoms. The zero-order valence-electron chi connectivity index (χ0n) is 9.79. The number of nitrogen functional groups attached to an aromatic ring is 1. The van der Waals surface area contributed by atoms with Gasteiger partial charge in [-0.15, -0.1) is 0 Å². The maximum atomic E-state index is 9.95. The van der Waals surface area contributed by atoms with Gasteiger partial charge in [0.15, 0.2) is 11.9 Å². The SMILES string of the molecule is Nc1ncc2ncn([C@@H]3O[C@@H](CO)[C@@H](O)[C@@H]3O)c2n1. The Morgan fingerprint density at radius 1 is 1.32 bits per heavy atom. The molecule has 1 aliphatic heterocycles. The number of fused-ring (bicyclic) bond motifs is 1. The predicted molar refractivity (Wildman–Crippen MR) is 62.7 cm³/mol. The number of aliphatic hydroxyl groups excluding tert-OH is 3. The van der Waals surface area contributed by atoms with Crippen LogP contribution in [0.5, 0.6) is 0 Å². The second-order valence-electron chi connectivity index (χ2n) is 4.32. The number of aromatic nitrogens is 4. The number of nitrogens with two attached hydrogens (primary N) is 1. The van der Waals surface area contributed by atoms with E-state index in [1.54, 1.807) is 0 Å². The van der Waals surface area contributed by atoms with Crippen LogP contribution < -0.4 is 5.73 Å². The van der Waals surface area contributed by atoms with Crippen LogP contribution in [-0.4, -0.2) is 59.8 Å². The number of anilines is 1. The Morgan fingerprint density at radius 2 is 2.11 bits per heavy atom. The quantitative estimate of drug-likeness (QED) is 0.491. The molecule has 0 amide bonds. The van der Waals surface area contributed by atoms with E-state index in [2.05, 4.69) is 15.0 Å². The van der Waals surface area contributed by atoms with Gasteiger partial charge >= 0.3 is 0 Å². The number of hydrogen-bond donors (Lipinski definition) is 4. The summed E-state index contributed by atoms with van der Waals surface area (Å²) < 4.78 is 6.85. The minimum Gasteiger partial charge on any atom is -0.394 e. The average Bonchev–Trinajstić information content (AvgIpc) is 2.92. The topological polar surface area (TPSA) is 140 Å². The molecule has 2 aromatic heterocycles. The van der Waals surface area contributed by atoms with Gasteiger partial charge in [0, 0.05) is 0 Å². The molecule has 1 aliphatic rings. The summed E-state index contributed by atoms with van der Waals surface area (Å²) >= 11 is 0. The van der Waals surface area contributed by atoms with Crippen molar-refractivity contribution in [2.24, 2.45) is 0 Å². The monoisotopic (exact) mass is 267 g/mol. The average molecular weight is 267 g/mol. The van der Waals surface area contributed by atoms with E-state index in [1.165, 1.54) is 17.1 Å². The number of ether oxygens (including phenoxy) is 1. The molecule has 0 aliphatic carbocycles. The van der Waals surface area contributed by atoms with Crippen LogP contribution in [0.25, 0.3) is 11.2 Å². The zero-order chi connectivity index (χ0) is 13.6. The maximum Gasteiger partial charge on any atom is 0.222 e. The van der Waals surface area contributed by atoms with Crippen molar-refractivity contribution in [1.29, 1.82) is 0 Å². The Hall–Kier alpha value is -1.81. The van der Waals surface area contributed by atoms with Crippen LogP contribution in [0.2, 0.25) is 0 Å². The maximum absolute atomic E-state index is 9.95. The molecule has 1 saturated heterocycles. The lowest BCUT2D eigenvalue weighted by molar-refractivity contribution is -0.0511. The van der Waals surface area contributed by atoms with E-state index in [0.29, 0.717) is 11.2 Å². The van der Waals surface area contributed by atoms with Gasteiger partial charge in [-0.3, -0.25) is 4.57 Å². The van der Waals surface area contributed by atoms with Crippen LogP contribution in [0.15, 0.2) is 12.5 Å². The van der Waals surface area contributed by atoms with Gasteiger partial charge in [-0.2, -0.15) is 4.98 Å². The molecule has 19 heavy (non-hydrogen) atoms. The fourth-order valence-electron chi connectivity index (χ4n) is 2.14. The van der Waals surface area contributed by atoms with Crippen molar-refractivity contribution in [3.8, 4) is 0 Å². The first-order chi connectivity index (χ1) is 9.11. The van der Waals surface area contributed by atoms with Crippen LogP contribution in [-0.2, 0) is 4.74 Å². The van der Waals surface area contributed by atoms with Gasteiger partial charge in [-0.25, -0.2) is 9.97 Å². The molecule has 9 nitrogen and oxygen atoms in total. The van der Waals surface area contributed by atoms with Crippen LogP contribution in [0, 0.1) is 0 Å². The van der Waals surface area contributed by atoms with E-state index in [0.717, 1.165) is 0 Å². The Bertz CT molecular complexity index is 603. The van der Waals surface area contributed by atoms with Gasteiger partial charge in [0.05, 0.1) is 19.1 Å². The molecular weight excluding hydrogens is 254 g/mol. The van der Waals surface area contributed by atoms with Gasteiger partial charge in [-0.05, 0) is 0 Å². The Morgan fingerprint density at radius 3 is 2.79 bits per heavy atom. The highest BCUT2D eigenvalue weighted by atomic mass is 16.6. The lowest BCUT2D eigenvalue weighted by Crippen LogP contribution is -2.33. The first kappa shape index (κ1) is 12.2. The van der Waals surface area contributed by atoms with Crippen molar-refractivity contribution in [2.75, 3.05) is 12.3 Å². The molecule has 4 atom stereocenters. The van der Waals surface area contributed by atoms with Crippen LogP contribution >= 0.6 is 0 Å². The lowest BCUT2D eigenvalue weighted by atomic mass is 10.1. The summed E-state index contributed by atoms with van der Waals surface area (Å²) in [5, 5.41) is 28.7. The molecule has 2 aromatic rings. The predicted octanol–water partition coefficient (Wildman–Crippen LogP) is -1.98. The zero-order valence-corrected chi connectivity index (χ0v) is 9.79. The van der Waals surface area contributed by atoms with Crippen LogP contribution in [0.3, 0.4) is 0 Å². The largest absolute Gasteiger partial charge is 0.394 e. The summed E-state index contributed by atoms with van der Waals surface area (Å²) in [7, 11) is 0. The highest BCUT2D eigenvalue weighted by molar-refractivity contribution is 5.70. The smallest absolute Gasteiger partial charge is 0.222 e. The number of aliphatic hydroxyl groups is 3. The fourth-order valence-corrected chi connectivity index (χ4v) is 2.14. The number of nitrogens with zero attached hydrogens (tertiary/aromatic N) is 4. The van der Waals surface area contributed by atoms with Crippen LogP contribution in [0.1, 0.15) is 6.23 Å². The number of imidazole rings is 1. The third kappa shape index (κ3) is 1.83. The van der Waals surface area contributed by atoms with E-state index in [9.17, 15) is 10.2 Å². The molecule has 0 unspecified atom stereocenters. The first-order valence-electron chi connectivity index (χ1n) is 5.69. The van der Waals surface area contributed by atoms with E-state index in [4.69, 9.17) is 15.6 Å². The minimum absolute atomic E-state index is 0.0704. The van der Waals surface area contributed by atoms with Gasteiger partial charge in [0.25, 0.3) is 0 Å². The minimum atomic E-state index is -1.19. The van der Waals surface area contributed by atoms with Crippen LogP contribution in [0.4, 0.5) is 5.95 Å². The molecular formula is C10H13N5O4. The van der Waals surface area contributed by atoms with Gasteiger partial charge in [0.1, 0.15) is 23.8 Å². The standard InChI is InChI=1S/C10H13N5O4/c11-10-12-1-4-8(14-10)15(3-13-4)9-7(18)6(17)5(2-16)19-9/h1,3,5-7,9,16-18H,2H2,(H2,11,12,14)/t5-,6+,7-,9+/m0/s1. The van der Waals surface area contributed by atoms with E-state index < -0.39 is 31.1 Å². The molecule has 0 radical (unpaired) electrons. The van der Waals surface area contributed by atoms with E-state index >= 15 is 0 Å². The van der Waals surface area contributed by atoms with Crippen molar-refractivity contribution >= 4 is 17.1 Å². The summed E-state index contributed by atoms with van der Waals surface area (Å²) in [6.07, 6.45) is -1.23. The summed E-state index contributed by atoms with van der Waals surface area (Å²) in [6, 6.07) is 0. The third-order valence-corrected chi connectivity index (χ3v) is 3.13. The molecule has 102 valence electrons. The molecule has 0 aromatic carbocycles. The molecule has 0 bridgehead atoms. The summed E-state index contributed by atoms with van der Waals surface area (Å²) in [4.78, 5) is 11.9. The Kier molecular flexibility index (Phi) is 2.82. The lowest BCUT2D eigenvalue weighted by Gasteiger charge is -2.16. The van der Waals surface area contributed by atoms with Crippen molar-refractivity contribution in [2.45, 2.75) is 24.5 Å². The second kappa shape index (κ2) is 4.38. The Labute approximate surface area is 107 Å². The molecule has 3 rings (SSSR count). The van der Waals surface area contributed by atoms with Gasteiger partial charge in [-0.1, -0.05) is 0 Å². The van der Waals surface area contributed by atoms with E-state index in [1.807, 2.05) is 0 Å². The fraction of sp³-hybridized carbons (Fsp3) is 0.500. The van der Waals surface area contributed by atoms with Crippen molar-refractivity contribution < 1.29 is 20.1 Å². The molecule has 3 heterocycles. The summed E-state index contributed by atoms with van der Waals surface area (Å²) in [5.74, 6) is 0.0704. The van der Waals surface area contributed by atoms with Crippen molar-refractivity contribution in [1.82, 2.24) is 19.5 Å². The molecule has 0 saturated carbocycles. The number of hydrogen-bond acceptors (Lipinski definition) is 8. The van der Waals surface area contributed by atoms with Gasteiger partial charge < -0.3 is 25.8 Å². The normalized spacial score (nSPS) is 31.1. The molecule has 0 spiro atoms. The van der Waals surface area contributed by atoms with E-state index in [-0.39, 0.29) is 5.95 Å². The first-order valence-corrected chi connectivity index (χ1v) is 5.69. The van der Waals surface area contributed by atoms with Crippen molar-refractivity contribution in [3.05, 3.63) is 12.5 Å². The molecule has 1 fully saturated rings. The second-order valence-corrected chi connectivity index (χ2v) is 4.32.